The molecule has 19 heavy (non-hydrogen) atoms. The van der Waals surface area contributed by atoms with Crippen molar-refractivity contribution in [3.63, 3.8) is 0 Å². The van der Waals surface area contributed by atoms with Crippen molar-refractivity contribution in [3.05, 3.63) is 35.4 Å². The molecule has 1 fully saturated rings. The van der Waals surface area contributed by atoms with E-state index in [0.29, 0.717) is 6.61 Å². The van der Waals surface area contributed by atoms with Crippen LogP contribution in [0.25, 0.3) is 0 Å². The molecule has 0 unspecified atom stereocenters. The van der Waals surface area contributed by atoms with Crippen molar-refractivity contribution >= 4 is 5.96 Å². The molecule has 1 aromatic carbocycles. The minimum Gasteiger partial charge on any atom is -0.380 e. The Kier molecular flexibility index (Phi) is 5.21. The fourth-order valence-electron chi connectivity index (χ4n) is 1.99. The molecule has 0 amide bonds. The molecular weight excluding hydrogens is 238 g/mol. The lowest BCUT2D eigenvalue weighted by Crippen LogP contribution is -2.38. The normalized spacial score (nSPS) is 15.4. The molecule has 2 N–H and O–H groups in total. The Bertz CT molecular complexity index is 427. The van der Waals surface area contributed by atoms with Crippen LogP contribution < -0.4 is 10.6 Å². The lowest BCUT2D eigenvalue weighted by molar-refractivity contribution is 0.184. The van der Waals surface area contributed by atoms with E-state index in [-0.39, 0.29) is 0 Å². The highest BCUT2D eigenvalue weighted by Gasteiger charge is 2.21. The quantitative estimate of drug-likeness (QED) is 0.607. The van der Waals surface area contributed by atoms with E-state index in [9.17, 15) is 0 Å². The van der Waals surface area contributed by atoms with E-state index in [2.05, 4.69) is 33.8 Å². The van der Waals surface area contributed by atoms with Gasteiger partial charge in [-0.2, -0.15) is 0 Å². The van der Waals surface area contributed by atoms with Gasteiger partial charge in [-0.25, -0.2) is 0 Å². The van der Waals surface area contributed by atoms with E-state index in [1.165, 1.54) is 24.0 Å². The highest BCUT2D eigenvalue weighted by molar-refractivity contribution is 5.79. The van der Waals surface area contributed by atoms with Crippen LogP contribution in [0.1, 0.15) is 24.0 Å². The third-order valence-corrected chi connectivity index (χ3v) is 3.34. The van der Waals surface area contributed by atoms with Crippen LogP contribution in [-0.2, 0) is 17.9 Å². The number of guanidine groups is 1. The Morgan fingerprint density at radius 2 is 2.00 bits per heavy atom. The number of methoxy groups -OCH3 is 1. The van der Waals surface area contributed by atoms with Gasteiger partial charge in [-0.1, -0.05) is 24.3 Å². The first kappa shape index (κ1) is 13.9. The molecule has 1 aromatic rings. The van der Waals surface area contributed by atoms with Gasteiger partial charge in [0.25, 0.3) is 0 Å². The second-order valence-electron chi connectivity index (χ2n) is 4.95. The molecule has 4 nitrogen and oxygen atoms in total. The van der Waals surface area contributed by atoms with Crippen molar-refractivity contribution in [3.8, 4) is 0 Å². The fraction of sp³-hybridized carbons (Fsp3) is 0.533. The number of benzene rings is 1. The van der Waals surface area contributed by atoms with Gasteiger partial charge in [-0.15, -0.1) is 0 Å². The molecule has 2 rings (SSSR count). The van der Waals surface area contributed by atoms with Crippen LogP contribution in [0.5, 0.6) is 0 Å². The highest BCUT2D eigenvalue weighted by atomic mass is 16.5. The third kappa shape index (κ3) is 4.56. The van der Waals surface area contributed by atoms with E-state index < -0.39 is 0 Å². The van der Waals surface area contributed by atoms with Crippen LogP contribution in [0.4, 0.5) is 0 Å². The van der Waals surface area contributed by atoms with Gasteiger partial charge in [0.1, 0.15) is 0 Å². The highest BCUT2D eigenvalue weighted by Crippen LogP contribution is 2.27. The molecule has 1 aliphatic rings. The van der Waals surface area contributed by atoms with E-state index in [1.54, 1.807) is 7.11 Å². The molecule has 0 aromatic heterocycles. The first-order valence-corrected chi connectivity index (χ1v) is 6.83. The number of hydrogen-bond acceptors (Lipinski definition) is 2. The van der Waals surface area contributed by atoms with E-state index >= 15 is 0 Å². The molecule has 1 saturated carbocycles. The Hall–Kier alpha value is -1.55. The van der Waals surface area contributed by atoms with Gasteiger partial charge in [-0.05, 0) is 29.9 Å². The molecule has 1 aliphatic carbocycles. The van der Waals surface area contributed by atoms with Crippen molar-refractivity contribution in [1.82, 2.24) is 10.6 Å². The SMILES string of the molecule is CN=C(NCc1ccccc1COC)NCC1CC1. The summed E-state index contributed by atoms with van der Waals surface area (Å²) in [6.07, 6.45) is 2.70. The van der Waals surface area contributed by atoms with E-state index in [0.717, 1.165) is 25.0 Å². The number of nitrogens with one attached hydrogen (secondary N) is 2. The van der Waals surface area contributed by atoms with Crippen molar-refractivity contribution in [2.45, 2.75) is 26.0 Å². The molecule has 104 valence electrons. The first-order valence-electron chi connectivity index (χ1n) is 6.83. The van der Waals surface area contributed by atoms with Crippen molar-refractivity contribution in [2.75, 3.05) is 20.7 Å². The minimum atomic E-state index is 0.645. The van der Waals surface area contributed by atoms with Gasteiger partial charge < -0.3 is 15.4 Å². The zero-order chi connectivity index (χ0) is 13.5. The molecule has 0 radical (unpaired) electrons. The summed E-state index contributed by atoms with van der Waals surface area (Å²) in [6.45, 7) is 2.44. The fourth-order valence-corrected chi connectivity index (χ4v) is 1.99. The number of ether oxygens (including phenoxy) is 1. The van der Waals surface area contributed by atoms with E-state index in [4.69, 9.17) is 4.74 Å². The lowest BCUT2D eigenvalue weighted by atomic mass is 10.1. The van der Waals surface area contributed by atoms with Gasteiger partial charge in [-0.3, -0.25) is 4.99 Å². The maximum Gasteiger partial charge on any atom is 0.191 e. The smallest absolute Gasteiger partial charge is 0.191 e. The third-order valence-electron chi connectivity index (χ3n) is 3.34. The Balaban J connectivity index is 1.85. The molecular formula is C15H23N3O. The van der Waals surface area contributed by atoms with Gasteiger partial charge in [0.05, 0.1) is 6.61 Å². The molecule has 0 aliphatic heterocycles. The monoisotopic (exact) mass is 261 g/mol. The first-order chi connectivity index (χ1) is 9.33. The predicted octanol–water partition coefficient (Wildman–Crippen LogP) is 1.91. The van der Waals surface area contributed by atoms with Crippen LogP contribution in [0.2, 0.25) is 0 Å². The molecule has 4 heteroatoms. The Morgan fingerprint density at radius 3 is 2.63 bits per heavy atom. The molecule has 0 bridgehead atoms. The summed E-state index contributed by atoms with van der Waals surface area (Å²) >= 11 is 0. The average molecular weight is 261 g/mol. The van der Waals surface area contributed by atoms with Crippen LogP contribution in [-0.4, -0.2) is 26.7 Å². The largest absolute Gasteiger partial charge is 0.380 e. The topological polar surface area (TPSA) is 45.7 Å². The predicted molar refractivity (Wildman–Crippen MR) is 78.1 cm³/mol. The lowest BCUT2D eigenvalue weighted by Gasteiger charge is -2.13. The number of hydrogen-bond donors (Lipinski definition) is 2. The van der Waals surface area contributed by atoms with Crippen molar-refractivity contribution in [1.29, 1.82) is 0 Å². The van der Waals surface area contributed by atoms with Crippen LogP contribution in [0.3, 0.4) is 0 Å². The van der Waals surface area contributed by atoms with Gasteiger partial charge >= 0.3 is 0 Å². The molecule has 0 heterocycles. The molecule has 0 spiro atoms. The summed E-state index contributed by atoms with van der Waals surface area (Å²) in [5, 5.41) is 6.71. The summed E-state index contributed by atoms with van der Waals surface area (Å²) < 4.78 is 5.22. The number of rotatable bonds is 6. The Morgan fingerprint density at radius 1 is 1.26 bits per heavy atom. The van der Waals surface area contributed by atoms with Crippen LogP contribution in [0, 0.1) is 5.92 Å². The number of aliphatic imine (C=N–C) groups is 1. The van der Waals surface area contributed by atoms with Crippen LogP contribution in [0.15, 0.2) is 29.3 Å². The van der Waals surface area contributed by atoms with Crippen LogP contribution >= 0.6 is 0 Å². The van der Waals surface area contributed by atoms with Gasteiger partial charge in [0, 0.05) is 27.2 Å². The minimum absolute atomic E-state index is 0.645. The maximum atomic E-state index is 5.22. The van der Waals surface area contributed by atoms with Crippen molar-refractivity contribution < 1.29 is 4.74 Å². The summed E-state index contributed by atoms with van der Waals surface area (Å²) in [5.41, 5.74) is 2.47. The zero-order valence-electron chi connectivity index (χ0n) is 11.8. The maximum absolute atomic E-state index is 5.22. The van der Waals surface area contributed by atoms with Gasteiger partial charge in [0.15, 0.2) is 5.96 Å². The average Bonchev–Trinajstić information content (AvgIpc) is 3.25. The Labute approximate surface area is 115 Å². The summed E-state index contributed by atoms with van der Waals surface area (Å²) in [7, 11) is 3.53. The molecule has 0 atom stereocenters. The standard InChI is InChI=1S/C15H23N3O/c1-16-15(17-9-12-7-8-12)18-10-13-5-3-4-6-14(13)11-19-2/h3-6,12H,7-11H2,1-2H3,(H2,16,17,18). The van der Waals surface area contributed by atoms with Gasteiger partial charge in [0.2, 0.25) is 0 Å². The summed E-state index contributed by atoms with van der Waals surface area (Å²) in [5.74, 6) is 1.72. The molecule has 0 saturated heterocycles. The van der Waals surface area contributed by atoms with E-state index in [1.807, 2.05) is 13.1 Å². The summed E-state index contributed by atoms with van der Waals surface area (Å²) in [6, 6.07) is 8.31. The number of nitrogens with zero attached hydrogens (tertiary/aromatic N) is 1. The second kappa shape index (κ2) is 7.14. The van der Waals surface area contributed by atoms with Crippen molar-refractivity contribution in [2.24, 2.45) is 10.9 Å². The second-order valence-corrected chi connectivity index (χ2v) is 4.95. The summed E-state index contributed by atoms with van der Waals surface area (Å²) in [4.78, 5) is 4.24. The zero-order valence-corrected chi connectivity index (χ0v) is 11.8.